The molecule has 0 amide bonds. The van der Waals surface area contributed by atoms with E-state index in [1.807, 2.05) is 0 Å². The molecule has 90 valence electrons. The van der Waals surface area contributed by atoms with Crippen LogP contribution in [0.3, 0.4) is 0 Å². The molecule has 2 fully saturated rings. The Balaban J connectivity index is 1.76. The fourth-order valence-corrected chi connectivity index (χ4v) is 3.39. The predicted octanol–water partition coefficient (Wildman–Crippen LogP) is 1.86. The van der Waals surface area contributed by atoms with Crippen molar-refractivity contribution in [2.24, 2.45) is 5.92 Å². The molecule has 0 unspecified atom stereocenters. The van der Waals surface area contributed by atoms with Gasteiger partial charge in [-0.1, -0.05) is 18.8 Å². The van der Waals surface area contributed by atoms with E-state index in [2.05, 4.69) is 16.1 Å². The standard InChI is InChI=1S/C14H24N2/c1-2-9-15-10-12-16-11-5-7-13-6-3-4-8-14(13)16/h1,13-15H,3-12H2/t13-,14-/m1/s1. The molecule has 0 aromatic rings. The molecule has 2 nitrogen and oxygen atoms in total. The van der Waals surface area contributed by atoms with Crippen LogP contribution in [0.15, 0.2) is 0 Å². The lowest BCUT2D eigenvalue weighted by Gasteiger charge is -2.44. The first-order valence-electron chi connectivity index (χ1n) is 6.80. The van der Waals surface area contributed by atoms with Gasteiger partial charge in [-0.25, -0.2) is 0 Å². The van der Waals surface area contributed by atoms with Crippen molar-refractivity contribution in [1.29, 1.82) is 0 Å². The van der Waals surface area contributed by atoms with Gasteiger partial charge in [0.05, 0.1) is 6.54 Å². The number of nitrogens with one attached hydrogen (secondary N) is 1. The van der Waals surface area contributed by atoms with Gasteiger partial charge in [0.1, 0.15) is 0 Å². The lowest BCUT2D eigenvalue weighted by Crippen LogP contribution is -2.48. The van der Waals surface area contributed by atoms with Crippen LogP contribution >= 0.6 is 0 Å². The number of likely N-dealkylation sites (tertiary alicyclic amines) is 1. The van der Waals surface area contributed by atoms with Gasteiger partial charge in [0.15, 0.2) is 0 Å². The summed E-state index contributed by atoms with van der Waals surface area (Å²) in [7, 11) is 0. The minimum Gasteiger partial charge on any atom is -0.305 e. The Hall–Kier alpha value is -0.520. The second kappa shape index (κ2) is 6.27. The highest BCUT2D eigenvalue weighted by Gasteiger charge is 2.32. The van der Waals surface area contributed by atoms with Crippen LogP contribution in [-0.2, 0) is 0 Å². The Bertz CT molecular complexity index is 242. The van der Waals surface area contributed by atoms with E-state index in [4.69, 9.17) is 6.42 Å². The summed E-state index contributed by atoms with van der Waals surface area (Å²) in [5, 5.41) is 3.30. The third-order valence-electron chi connectivity index (χ3n) is 4.16. The van der Waals surface area contributed by atoms with Gasteiger partial charge in [-0.15, -0.1) is 6.42 Å². The Morgan fingerprint density at radius 3 is 2.88 bits per heavy atom. The maximum Gasteiger partial charge on any atom is 0.0574 e. The Kier molecular flexibility index (Phi) is 4.69. The van der Waals surface area contributed by atoms with Gasteiger partial charge in [-0.2, -0.15) is 0 Å². The van der Waals surface area contributed by atoms with E-state index in [0.717, 1.165) is 18.5 Å². The van der Waals surface area contributed by atoms with Crippen LogP contribution in [0.2, 0.25) is 0 Å². The summed E-state index contributed by atoms with van der Waals surface area (Å²) in [5.74, 6) is 3.63. The first kappa shape index (κ1) is 12.0. The molecule has 2 heteroatoms. The molecule has 2 aliphatic rings. The Morgan fingerprint density at radius 1 is 1.19 bits per heavy atom. The quantitative estimate of drug-likeness (QED) is 0.575. The molecule has 0 aromatic carbocycles. The van der Waals surface area contributed by atoms with Crippen LogP contribution in [0.1, 0.15) is 38.5 Å². The highest BCUT2D eigenvalue weighted by atomic mass is 15.2. The topological polar surface area (TPSA) is 15.3 Å². The summed E-state index contributed by atoms with van der Waals surface area (Å²) in [5.41, 5.74) is 0. The number of rotatable bonds is 4. The Labute approximate surface area is 99.8 Å². The molecular weight excluding hydrogens is 196 g/mol. The van der Waals surface area contributed by atoms with E-state index in [0.29, 0.717) is 6.54 Å². The molecule has 1 aliphatic carbocycles. The van der Waals surface area contributed by atoms with Gasteiger partial charge in [0, 0.05) is 19.1 Å². The van der Waals surface area contributed by atoms with Crippen molar-refractivity contribution in [2.45, 2.75) is 44.6 Å². The van der Waals surface area contributed by atoms with Gasteiger partial charge in [-0.05, 0) is 38.1 Å². The summed E-state index contributed by atoms with van der Waals surface area (Å²) >= 11 is 0. The van der Waals surface area contributed by atoms with E-state index < -0.39 is 0 Å². The molecule has 16 heavy (non-hydrogen) atoms. The maximum absolute atomic E-state index is 5.23. The number of piperidine rings is 1. The second-order valence-electron chi connectivity index (χ2n) is 5.17. The van der Waals surface area contributed by atoms with Crippen LogP contribution in [0, 0.1) is 18.3 Å². The zero-order valence-electron chi connectivity index (χ0n) is 10.3. The zero-order chi connectivity index (χ0) is 11.2. The number of hydrogen-bond acceptors (Lipinski definition) is 2. The summed E-state index contributed by atoms with van der Waals surface area (Å²) in [6.07, 6.45) is 13.9. The van der Waals surface area contributed by atoms with E-state index >= 15 is 0 Å². The highest BCUT2D eigenvalue weighted by Crippen LogP contribution is 2.34. The number of nitrogens with zero attached hydrogens (tertiary/aromatic N) is 1. The third kappa shape index (κ3) is 2.99. The van der Waals surface area contributed by atoms with Crippen LogP contribution in [0.25, 0.3) is 0 Å². The smallest absolute Gasteiger partial charge is 0.0574 e. The first-order chi connectivity index (χ1) is 7.92. The molecule has 0 radical (unpaired) electrons. The monoisotopic (exact) mass is 220 g/mol. The van der Waals surface area contributed by atoms with Gasteiger partial charge in [0.2, 0.25) is 0 Å². The van der Waals surface area contributed by atoms with Crippen molar-refractivity contribution in [2.75, 3.05) is 26.2 Å². The largest absolute Gasteiger partial charge is 0.305 e. The lowest BCUT2D eigenvalue weighted by molar-refractivity contribution is 0.0621. The van der Waals surface area contributed by atoms with Gasteiger partial charge in [0.25, 0.3) is 0 Å². The molecule has 2 rings (SSSR count). The van der Waals surface area contributed by atoms with Gasteiger partial charge in [-0.3, -0.25) is 4.90 Å². The average Bonchev–Trinajstić information content (AvgIpc) is 2.35. The molecule has 1 aliphatic heterocycles. The molecule has 0 aromatic heterocycles. The molecule has 1 saturated heterocycles. The minimum atomic E-state index is 0.710. The fraction of sp³-hybridized carbons (Fsp3) is 0.857. The molecule has 1 N–H and O–H groups in total. The SMILES string of the molecule is C#CCNCCN1CCC[C@H]2CCCC[C@H]21. The van der Waals surface area contributed by atoms with Crippen molar-refractivity contribution >= 4 is 0 Å². The van der Waals surface area contributed by atoms with Crippen molar-refractivity contribution < 1.29 is 0 Å². The normalized spacial score (nSPS) is 30.7. The molecule has 1 saturated carbocycles. The molecule has 0 bridgehead atoms. The van der Waals surface area contributed by atoms with Crippen molar-refractivity contribution in [3.8, 4) is 12.3 Å². The summed E-state index contributed by atoms with van der Waals surface area (Å²) in [6.45, 7) is 4.25. The van der Waals surface area contributed by atoms with E-state index in [-0.39, 0.29) is 0 Å². The van der Waals surface area contributed by atoms with E-state index in [1.165, 1.54) is 51.6 Å². The highest BCUT2D eigenvalue weighted by molar-refractivity contribution is 4.89. The number of hydrogen-bond donors (Lipinski definition) is 1. The van der Waals surface area contributed by atoms with Crippen LogP contribution in [0.4, 0.5) is 0 Å². The van der Waals surface area contributed by atoms with E-state index in [1.54, 1.807) is 0 Å². The van der Waals surface area contributed by atoms with Crippen molar-refractivity contribution in [1.82, 2.24) is 10.2 Å². The fourth-order valence-electron chi connectivity index (χ4n) is 3.39. The number of terminal acetylenes is 1. The minimum absolute atomic E-state index is 0.710. The molecule has 0 spiro atoms. The molecule has 2 atom stereocenters. The van der Waals surface area contributed by atoms with Crippen molar-refractivity contribution in [3.05, 3.63) is 0 Å². The van der Waals surface area contributed by atoms with Gasteiger partial charge >= 0.3 is 0 Å². The van der Waals surface area contributed by atoms with Crippen LogP contribution in [-0.4, -0.2) is 37.1 Å². The molecule has 1 heterocycles. The lowest BCUT2D eigenvalue weighted by atomic mass is 9.78. The summed E-state index contributed by atoms with van der Waals surface area (Å²) in [6, 6.07) is 0.884. The van der Waals surface area contributed by atoms with Gasteiger partial charge < -0.3 is 5.32 Å². The van der Waals surface area contributed by atoms with E-state index in [9.17, 15) is 0 Å². The van der Waals surface area contributed by atoms with Crippen LogP contribution in [0.5, 0.6) is 0 Å². The Morgan fingerprint density at radius 2 is 2.00 bits per heavy atom. The summed E-state index contributed by atoms with van der Waals surface area (Å²) < 4.78 is 0. The first-order valence-corrected chi connectivity index (χ1v) is 6.80. The van der Waals surface area contributed by atoms with Crippen molar-refractivity contribution in [3.63, 3.8) is 0 Å². The number of fused-ring (bicyclic) bond motifs is 1. The second-order valence-corrected chi connectivity index (χ2v) is 5.17. The zero-order valence-corrected chi connectivity index (χ0v) is 10.3. The maximum atomic E-state index is 5.23. The third-order valence-corrected chi connectivity index (χ3v) is 4.16. The average molecular weight is 220 g/mol. The van der Waals surface area contributed by atoms with Crippen LogP contribution < -0.4 is 5.32 Å². The predicted molar refractivity (Wildman–Crippen MR) is 68.3 cm³/mol. The molecular formula is C14H24N2. The summed E-state index contributed by atoms with van der Waals surface area (Å²) in [4.78, 5) is 2.71.